The van der Waals surface area contributed by atoms with Crippen LogP contribution in [0.5, 0.6) is 0 Å². The summed E-state index contributed by atoms with van der Waals surface area (Å²) < 4.78 is 6.24. The lowest BCUT2D eigenvalue weighted by atomic mass is 9.90. The molecule has 0 saturated carbocycles. The first-order chi connectivity index (χ1) is 26.8. The van der Waals surface area contributed by atoms with E-state index in [1.54, 1.807) is 0 Å². The zero-order valence-corrected chi connectivity index (χ0v) is 29.4. The topological polar surface area (TPSA) is 16.4 Å². The molecule has 0 spiro atoms. The summed E-state index contributed by atoms with van der Waals surface area (Å²) >= 11 is 0. The third-order valence-electron chi connectivity index (χ3n) is 11.0. The molecule has 10 aromatic carbocycles. The molecular weight excluding hydrogens is 655 g/mol. The van der Waals surface area contributed by atoms with E-state index >= 15 is 0 Å². The van der Waals surface area contributed by atoms with E-state index in [0.717, 1.165) is 39.0 Å². The first kappa shape index (κ1) is 30.5. The van der Waals surface area contributed by atoms with Gasteiger partial charge in [-0.2, -0.15) is 0 Å². The third kappa shape index (κ3) is 4.88. The van der Waals surface area contributed by atoms with Crippen molar-refractivity contribution in [2.75, 3.05) is 4.90 Å². The summed E-state index contributed by atoms with van der Waals surface area (Å²) in [4.78, 5) is 2.37. The van der Waals surface area contributed by atoms with Crippen LogP contribution in [0.2, 0.25) is 0 Å². The monoisotopic (exact) mass is 687 g/mol. The number of para-hydroxylation sites is 1. The van der Waals surface area contributed by atoms with E-state index in [1.807, 2.05) is 12.1 Å². The van der Waals surface area contributed by atoms with E-state index in [-0.39, 0.29) is 0 Å². The molecule has 11 aromatic rings. The molecule has 0 amide bonds. The van der Waals surface area contributed by atoms with Crippen LogP contribution in [0.1, 0.15) is 0 Å². The van der Waals surface area contributed by atoms with Crippen molar-refractivity contribution in [1.29, 1.82) is 0 Å². The largest absolute Gasteiger partial charge is 0.456 e. The van der Waals surface area contributed by atoms with E-state index in [2.05, 4.69) is 193 Å². The average molecular weight is 688 g/mol. The van der Waals surface area contributed by atoms with Crippen LogP contribution >= 0.6 is 0 Å². The molecule has 0 aliphatic rings. The Morgan fingerprint density at radius 1 is 0.296 bits per heavy atom. The Balaban J connectivity index is 1.08. The van der Waals surface area contributed by atoms with E-state index in [1.165, 1.54) is 65.3 Å². The Hall–Kier alpha value is -7.16. The Morgan fingerprint density at radius 2 is 0.944 bits per heavy atom. The van der Waals surface area contributed by atoms with Gasteiger partial charge in [-0.1, -0.05) is 146 Å². The number of rotatable bonds is 5. The zero-order chi connectivity index (χ0) is 35.6. The fourth-order valence-electron chi connectivity index (χ4n) is 8.49. The van der Waals surface area contributed by atoms with Gasteiger partial charge in [-0.25, -0.2) is 0 Å². The summed E-state index contributed by atoms with van der Waals surface area (Å²) in [6.07, 6.45) is 0. The fourth-order valence-corrected chi connectivity index (χ4v) is 8.49. The minimum absolute atomic E-state index is 0.911. The standard InChI is InChI=1S/C52H33NO/c1-2-11-34(12-3-1)37-14-10-15-41(31-37)53(42-28-29-44-38(32-42)25-30-50-52(44)47-19-8-9-20-49(47)54-50)40-26-23-36(24-27-40)48-33-39-22-21-35-13-4-5-16-43(35)51(39)46-18-7-6-17-45(46)48/h1-33H. The predicted molar refractivity (Wildman–Crippen MR) is 229 cm³/mol. The van der Waals surface area contributed by atoms with Crippen molar-refractivity contribution in [3.05, 3.63) is 200 Å². The molecule has 0 aliphatic heterocycles. The minimum Gasteiger partial charge on any atom is -0.456 e. The highest BCUT2D eigenvalue weighted by molar-refractivity contribution is 6.23. The lowest BCUT2D eigenvalue weighted by Crippen LogP contribution is -2.10. The van der Waals surface area contributed by atoms with Gasteiger partial charge in [0.2, 0.25) is 0 Å². The Bertz CT molecular complexity index is 3210. The maximum Gasteiger partial charge on any atom is 0.136 e. The van der Waals surface area contributed by atoms with Gasteiger partial charge in [-0.15, -0.1) is 0 Å². The van der Waals surface area contributed by atoms with Crippen molar-refractivity contribution >= 4 is 82.1 Å². The predicted octanol–water partition coefficient (Wildman–Crippen LogP) is 15.0. The van der Waals surface area contributed by atoms with Crippen LogP contribution in [0.3, 0.4) is 0 Å². The molecular formula is C52H33NO. The molecule has 2 nitrogen and oxygen atoms in total. The van der Waals surface area contributed by atoms with Crippen LogP contribution in [-0.2, 0) is 0 Å². The minimum atomic E-state index is 0.911. The SMILES string of the molecule is c1ccc(-c2cccc(N(c3ccc(-c4cc5ccc6ccccc6c5c5ccccc45)cc3)c3ccc4c(ccc5oc6ccccc6c54)c3)c2)cc1. The molecule has 0 fully saturated rings. The van der Waals surface area contributed by atoms with E-state index in [4.69, 9.17) is 4.42 Å². The van der Waals surface area contributed by atoms with Crippen molar-refractivity contribution in [2.45, 2.75) is 0 Å². The molecule has 252 valence electrons. The Labute approximate surface area is 312 Å². The van der Waals surface area contributed by atoms with Gasteiger partial charge in [-0.3, -0.25) is 0 Å². The number of hydrogen-bond acceptors (Lipinski definition) is 2. The number of anilines is 3. The van der Waals surface area contributed by atoms with Crippen molar-refractivity contribution in [3.63, 3.8) is 0 Å². The third-order valence-corrected chi connectivity index (χ3v) is 11.0. The smallest absolute Gasteiger partial charge is 0.136 e. The summed E-state index contributed by atoms with van der Waals surface area (Å²) in [6.45, 7) is 0. The summed E-state index contributed by atoms with van der Waals surface area (Å²) in [5.74, 6) is 0. The van der Waals surface area contributed by atoms with E-state index < -0.39 is 0 Å². The molecule has 2 heteroatoms. The van der Waals surface area contributed by atoms with Crippen molar-refractivity contribution in [1.82, 2.24) is 0 Å². The Kier molecular flexibility index (Phi) is 6.90. The molecule has 0 atom stereocenters. The van der Waals surface area contributed by atoms with Gasteiger partial charge < -0.3 is 9.32 Å². The molecule has 0 bridgehead atoms. The summed E-state index contributed by atoms with van der Waals surface area (Å²) in [5, 5.41) is 12.3. The van der Waals surface area contributed by atoms with Gasteiger partial charge in [0.25, 0.3) is 0 Å². The molecule has 0 aliphatic carbocycles. The van der Waals surface area contributed by atoms with Crippen LogP contribution in [-0.4, -0.2) is 0 Å². The molecule has 0 N–H and O–H groups in total. The normalized spacial score (nSPS) is 11.7. The number of nitrogens with zero attached hydrogens (tertiary/aromatic N) is 1. The maximum absolute atomic E-state index is 6.24. The highest BCUT2D eigenvalue weighted by atomic mass is 16.3. The highest BCUT2D eigenvalue weighted by Gasteiger charge is 2.18. The van der Waals surface area contributed by atoms with Gasteiger partial charge in [0.15, 0.2) is 0 Å². The number of benzene rings is 10. The maximum atomic E-state index is 6.24. The van der Waals surface area contributed by atoms with Crippen molar-refractivity contribution in [2.24, 2.45) is 0 Å². The van der Waals surface area contributed by atoms with Gasteiger partial charge >= 0.3 is 0 Å². The lowest BCUT2D eigenvalue weighted by molar-refractivity contribution is 0.669. The van der Waals surface area contributed by atoms with Gasteiger partial charge in [0.1, 0.15) is 11.2 Å². The number of hydrogen-bond donors (Lipinski definition) is 0. The number of fused-ring (bicyclic) bond motifs is 10. The zero-order valence-electron chi connectivity index (χ0n) is 29.4. The summed E-state index contributed by atoms with van der Waals surface area (Å²) in [6, 6.07) is 72.3. The van der Waals surface area contributed by atoms with E-state index in [9.17, 15) is 0 Å². The van der Waals surface area contributed by atoms with Crippen LogP contribution < -0.4 is 4.90 Å². The second-order valence-electron chi connectivity index (χ2n) is 14.1. The van der Waals surface area contributed by atoms with E-state index in [0.29, 0.717) is 0 Å². The van der Waals surface area contributed by atoms with Gasteiger partial charge in [0.05, 0.1) is 0 Å². The molecule has 11 rings (SSSR count). The second-order valence-corrected chi connectivity index (χ2v) is 14.1. The first-order valence-electron chi connectivity index (χ1n) is 18.5. The van der Waals surface area contributed by atoms with Crippen LogP contribution in [0.4, 0.5) is 17.1 Å². The fraction of sp³-hybridized carbons (Fsp3) is 0. The van der Waals surface area contributed by atoms with Crippen LogP contribution in [0.15, 0.2) is 205 Å². The molecule has 0 unspecified atom stereocenters. The summed E-state index contributed by atoms with van der Waals surface area (Å²) in [5.41, 5.74) is 9.90. The molecule has 1 heterocycles. The molecule has 0 saturated heterocycles. The number of furan rings is 1. The van der Waals surface area contributed by atoms with Crippen molar-refractivity contribution in [3.8, 4) is 22.3 Å². The molecule has 54 heavy (non-hydrogen) atoms. The van der Waals surface area contributed by atoms with Crippen LogP contribution in [0.25, 0.3) is 87.3 Å². The lowest BCUT2D eigenvalue weighted by Gasteiger charge is -2.27. The quantitative estimate of drug-likeness (QED) is 0.168. The highest BCUT2D eigenvalue weighted by Crippen LogP contribution is 2.43. The molecule has 0 radical (unpaired) electrons. The summed E-state index contributed by atoms with van der Waals surface area (Å²) in [7, 11) is 0. The Morgan fingerprint density at radius 3 is 1.81 bits per heavy atom. The van der Waals surface area contributed by atoms with Gasteiger partial charge in [0, 0.05) is 27.8 Å². The average Bonchev–Trinajstić information content (AvgIpc) is 3.63. The van der Waals surface area contributed by atoms with Gasteiger partial charge in [-0.05, 0) is 120 Å². The van der Waals surface area contributed by atoms with Crippen molar-refractivity contribution < 1.29 is 4.42 Å². The first-order valence-corrected chi connectivity index (χ1v) is 18.5. The molecule has 1 aromatic heterocycles. The van der Waals surface area contributed by atoms with Crippen LogP contribution in [0, 0.1) is 0 Å². The second kappa shape index (κ2) is 12.2.